The maximum atomic E-state index is 5.54. The zero-order chi connectivity index (χ0) is 23.4. The van der Waals surface area contributed by atoms with Crippen LogP contribution in [0.3, 0.4) is 0 Å². The number of ether oxygens (including phenoxy) is 4. The van der Waals surface area contributed by atoms with Crippen molar-refractivity contribution in [3.63, 3.8) is 0 Å². The Balaban J connectivity index is 1.38. The first-order valence-corrected chi connectivity index (χ1v) is 11.0. The van der Waals surface area contributed by atoms with Crippen molar-refractivity contribution >= 4 is 23.5 Å². The molecule has 0 bridgehead atoms. The molecule has 3 heterocycles. The van der Waals surface area contributed by atoms with Gasteiger partial charge in [0.05, 0.1) is 38.7 Å². The third-order valence-electron chi connectivity index (χ3n) is 4.58. The molecule has 0 spiro atoms. The molecule has 12 heteroatoms. The predicted octanol–water partition coefficient (Wildman–Crippen LogP) is 1.75. The summed E-state index contributed by atoms with van der Waals surface area (Å²) in [6.07, 6.45) is 1.74. The summed E-state index contributed by atoms with van der Waals surface area (Å²) in [5.41, 5.74) is 7.02. The zero-order valence-electron chi connectivity index (χ0n) is 18.7. The zero-order valence-corrected chi connectivity index (χ0v) is 18.7. The highest BCUT2D eigenvalue weighted by Gasteiger charge is 2.14. The first-order chi connectivity index (χ1) is 16.8. The van der Waals surface area contributed by atoms with Gasteiger partial charge in [-0.3, -0.25) is 4.98 Å². The van der Waals surface area contributed by atoms with Crippen molar-refractivity contribution in [3.8, 4) is 11.5 Å². The molecule has 0 fully saturated rings. The number of hydrogen-bond acceptors (Lipinski definition) is 12. The Morgan fingerprint density at radius 3 is 2.47 bits per heavy atom. The Morgan fingerprint density at radius 1 is 0.853 bits per heavy atom. The summed E-state index contributed by atoms with van der Waals surface area (Å²) < 4.78 is 21.6. The maximum absolute atomic E-state index is 5.54. The van der Waals surface area contributed by atoms with Crippen molar-refractivity contribution in [1.29, 1.82) is 0 Å². The lowest BCUT2D eigenvalue weighted by Crippen LogP contribution is -2.17. The maximum Gasteiger partial charge on any atom is 0.233 e. The second kappa shape index (κ2) is 12.5. The molecule has 1 aromatic carbocycles. The third-order valence-corrected chi connectivity index (χ3v) is 4.58. The minimum absolute atomic E-state index is 0.210. The number of hydrogen-bond donors (Lipinski definition) is 4. The summed E-state index contributed by atoms with van der Waals surface area (Å²) in [7, 11) is 0. The van der Waals surface area contributed by atoms with Gasteiger partial charge < -0.3 is 40.6 Å². The fourth-order valence-corrected chi connectivity index (χ4v) is 3.01. The smallest absolute Gasteiger partial charge is 0.233 e. The van der Waals surface area contributed by atoms with Crippen molar-refractivity contribution < 1.29 is 18.9 Å². The Kier molecular flexibility index (Phi) is 8.60. The first-order valence-electron chi connectivity index (χ1n) is 11.0. The lowest BCUT2D eigenvalue weighted by molar-refractivity contribution is 0.0547. The van der Waals surface area contributed by atoms with Crippen LogP contribution in [0.1, 0.15) is 5.69 Å². The molecule has 0 unspecified atom stereocenters. The monoisotopic (exact) mass is 468 g/mol. The lowest BCUT2D eigenvalue weighted by Gasteiger charge is -2.12. The number of aromatic nitrogens is 4. The second-order valence-electron chi connectivity index (χ2n) is 7.11. The van der Waals surface area contributed by atoms with Crippen LogP contribution in [-0.4, -0.2) is 66.2 Å². The average molecular weight is 469 g/mol. The number of nitrogens with two attached hydrogens (primary N) is 1. The molecule has 0 atom stereocenters. The topological polar surface area (TPSA) is 151 Å². The molecular weight excluding hydrogens is 440 g/mol. The quantitative estimate of drug-likeness (QED) is 0.255. The Morgan fingerprint density at radius 2 is 1.65 bits per heavy atom. The molecule has 180 valence electrons. The van der Waals surface area contributed by atoms with Gasteiger partial charge in [-0.15, -0.1) is 0 Å². The Hall–Kier alpha value is -3.74. The highest BCUT2D eigenvalue weighted by molar-refractivity contribution is 5.61. The van der Waals surface area contributed by atoms with Crippen molar-refractivity contribution in [2.75, 3.05) is 62.3 Å². The molecule has 34 heavy (non-hydrogen) atoms. The van der Waals surface area contributed by atoms with E-state index >= 15 is 0 Å². The van der Waals surface area contributed by atoms with Crippen LogP contribution in [0.15, 0.2) is 42.6 Å². The molecule has 1 aliphatic rings. The predicted molar refractivity (Wildman–Crippen MR) is 126 cm³/mol. The van der Waals surface area contributed by atoms with E-state index < -0.39 is 0 Å². The van der Waals surface area contributed by atoms with E-state index in [-0.39, 0.29) is 6.79 Å². The molecule has 0 saturated heterocycles. The summed E-state index contributed by atoms with van der Waals surface area (Å²) in [5.74, 6) is 2.55. The molecule has 2 aromatic heterocycles. The minimum Gasteiger partial charge on any atom is -0.454 e. The second-order valence-corrected chi connectivity index (χ2v) is 7.11. The van der Waals surface area contributed by atoms with Crippen LogP contribution < -0.4 is 31.2 Å². The van der Waals surface area contributed by atoms with Crippen molar-refractivity contribution in [2.24, 2.45) is 5.73 Å². The highest BCUT2D eigenvalue weighted by Crippen LogP contribution is 2.34. The molecule has 1 aliphatic heterocycles. The highest BCUT2D eigenvalue weighted by atomic mass is 16.7. The number of nitrogens with one attached hydrogen (secondary N) is 3. The van der Waals surface area contributed by atoms with Crippen LogP contribution >= 0.6 is 0 Å². The van der Waals surface area contributed by atoms with Crippen LogP contribution in [0, 0.1) is 0 Å². The van der Waals surface area contributed by atoms with Gasteiger partial charge in [-0.05, 0) is 24.3 Å². The van der Waals surface area contributed by atoms with Gasteiger partial charge in [0.25, 0.3) is 0 Å². The normalized spacial score (nSPS) is 11.9. The molecule has 3 aromatic rings. The lowest BCUT2D eigenvalue weighted by atomic mass is 10.3. The standard InChI is InChI=1S/C22H28N8O4/c23-6-9-31-11-12-32-10-8-25-20-28-21(26-14-17-3-1-2-7-24-17)30-22(29-20)27-16-4-5-18-19(13-16)34-15-33-18/h1-5,7,13H,6,8-12,14-15,23H2,(H3,25,26,27,28,29,30). The molecule has 5 N–H and O–H groups in total. The molecule has 0 saturated carbocycles. The van der Waals surface area contributed by atoms with Gasteiger partial charge in [0, 0.05) is 31.0 Å². The average Bonchev–Trinajstić information content (AvgIpc) is 3.33. The van der Waals surface area contributed by atoms with Gasteiger partial charge in [0.15, 0.2) is 11.5 Å². The van der Waals surface area contributed by atoms with Crippen molar-refractivity contribution in [1.82, 2.24) is 19.9 Å². The van der Waals surface area contributed by atoms with E-state index in [9.17, 15) is 0 Å². The first kappa shape index (κ1) is 23.4. The van der Waals surface area contributed by atoms with E-state index in [4.69, 9.17) is 24.7 Å². The van der Waals surface area contributed by atoms with Crippen molar-refractivity contribution in [2.45, 2.75) is 6.54 Å². The fourth-order valence-electron chi connectivity index (χ4n) is 3.01. The summed E-state index contributed by atoms with van der Waals surface area (Å²) in [6.45, 7) is 3.70. The Bertz CT molecular complexity index is 1040. The van der Waals surface area contributed by atoms with Gasteiger partial charge in [-0.1, -0.05) is 6.07 Å². The fraction of sp³-hybridized carbons (Fsp3) is 0.364. The van der Waals surface area contributed by atoms with Gasteiger partial charge in [-0.2, -0.15) is 15.0 Å². The number of benzene rings is 1. The van der Waals surface area contributed by atoms with E-state index in [1.807, 2.05) is 36.4 Å². The molecule has 0 amide bonds. The number of pyridine rings is 1. The summed E-state index contributed by atoms with van der Waals surface area (Å²) in [5, 5.41) is 9.55. The van der Waals surface area contributed by atoms with Crippen LogP contribution in [0.2, 0.25) is 0 Å². The number of fused-ring (bicyclic) bond motifs is 1. The van der Waals surface area contributed by atoms with Gasteiger partial charge in [0.1, 0.15) is 0 Å². The molecule has 0 radical (unpaired) electrons. The number of rotatable bonds is 14. The van der Waals surface area contributed by atoms with Gasteiger partial charge in [-0.25, -0.2) is 0 Å². The van der Waals surface area contributed by atoms with Crippen molar-refractivity contribution in [3.05, 3.63) is 48.3 Å². The molecule has 4 rings (SSSR count). The van der Waals surface area contributed by atoms with Crippen LogP contribution in [0.4, 0.5) is 23.5 Å². The van der Waals surface area contributed by atoms with Gasteiger partial charge in [0.2, 0.25) is 24.6 Å². The summed E-state index contributed by atoms with van der Waals surface area (Å²) in [6, 6.07) is 11.3. The summed E-state index contributed by atoms with van der Waals surface area (Å²) in [4.78, 5) is 17.7. The summed E-state index contributed by atoms with van der Waals surface area (Å²) >= 11 is 0. The number of anilines is 4. The minimum atomic E-state index is 0.210. The third kappa shape index (κ3) is 7.13. The van der Waals surface area contributed by atoms with E-state index in [2.05, 4.69) is 35.9 Å². The Labute approximate surface area is 197 Å². The van der Waals surface area contributed by atoms with Gasteiger partial charge >= 0.3 is 0 Å². The molecular formula is C22H28N8O4. The van der Waals surface area contributed by atoms with Crippen LogP contribution in [0.5, 0.6) is 11.5 Å². The molecule has 0 aliphatic carbocycles. The SMILES string of the molecule is NCCOCCOCCNc1nc(NCc2ccccn2)nc(Nc2ccc3c(c2)OCO3)n1. The van der Waals surface area contributed by atoms with E-state index in [0.29, 0.717) is 75.4 Å². The largest absolute Gasteiger partial charge is 0.454 e. The van der Waals surface area contributed by atoms with E-state index in [1.165, 1.54) is 0 Å². The van der Waals surface area contributed by atoms with Crippen LogP contribution in [0.25, 0.3) is 0 Å². The number of nitrogens with zero attached hydrogens (tertiary/aromatic N) is 4. The van der Waals surface area contributed by atoms with E-state index in [0.717, 1.165) is 11.4 Å². The van der Waals surface area contributed by atoms with E-state index in [1.54, 1.807) is 6.20 Å². The molecule has 12 nitrogen and oxygen atoms in total. The van der Waals surface area contributed by atoms with Crippen LogP contribution in [-0.2, 0) is 16.0 Å².